The molecule has 0 aliphatic carbocycles. The fourth-order valence-electron chi connectivity index (χ4n) is 2.02. The Morgan fingerprint density at radius 2 is 2.11 bits per heavy atom. The van der Waals surface area contributed by atoms with E-state index < -0.39 is 17.7 Å². The Morgan fingerprint density at radius 3 is 2.68 bits per heavy atom. The zero-order chi connectivity index (χ0) is 14.0. The number of benzene rings is 1. The zero-order valence-corrected chi connectivity index (χ0v) is 10.4. The van der Waals surface area contributed by atoms with Gasteiger partial charge in [-0.3, -0.25) is 9.69 Å². The van der Waals surface area contributed by atoms with E-state index in [2.05, 4.69) is 0 Å². The van der Waals surface area contributed by atoms with E-state index in [1.54, 1.807) is 6.92 Å². The van der Waals surface area contributed by atoms with E-state index in [1.807, 2.05) is 0 Å². The molecule has 0 spiro atoms. The molecule has 1 N–H and O–H groups in total. The summed E-state index contributed by atoms with van der Waals surface area (Å²) in [6, 6.07) is 5.49. The molecule has 1 amide bonds. The summed E-state index contributed by atoms with van der Waals surface area (Å²) in [5.41, 5.74) is -0.297. The van der Waals surface area contributed by atoms with Gasteiger partial charge in [0.2, 0.25) is 0 Å². The van der Waals surface area contributed by atoms with Crippen LogP contribution in [0.25, 0.3) is 0 Å². The van der Waals surface area contributed by atoms with Gasteiger partial charge in [-0.1, -0.05) is 0 Å². The van der Waals surface area contributed by atoms with Gasteiger partial charge in [0.15, 0.2) is 0 Å². The lowest BCUT2D eigenvalue weighted by Gasteiger charge is -2.20. The molecule has 19 heavy (non-hydrogen) atoms. The smallest absolute Gasteiger partial charge is 0.415 e. The van der Waals surface area contributed by atoms with Gasteiger partial charge in [-0.2, -0.15) is 0 Å². The van der Waals surface area contributed by atoms with Gasteiger partial charge in [0.05, 0.1) is 6.54 Å². The normalized spacial score (nSPS) is 22.4. The molecule has 1 aromatic carbocycles. The number of carbonyl (C=O) groups is 2. The molecule has 0 bridgehead atoms. The van der Waals surface area contributed by atoms with Crippen molar-refractivity contribution in [3.63, 3.8) is 0 Å². The first-order valence-corrected chi connectivity index (χ1v) is 5.87. The van der Waals surface area contributed by atoms with E-state index in [-0.39, 0.29) is 25.2 Å². The van der Waals surface area contributed by atoms with Gasteiger partial charge in [-0.05, 0) is 37.6 Å². The van der Waals surface area contributed by atoms with Crippen LogP contribution in [0.3, 0.4) is 0 Å². The fourth-order valence-corrected chi connectivity index (χ4v) is 2.02. The lowest BCUT2D eigenvalue weighted by molar-refractivity contribution is -0.138. The summed E-state index contributed by atoms with van der Waals surface area (Å²) in [7, 11) is 0. The molecule has 0 aromatic heterocycles. The van der Waals surface area contributed by atoms with Crippen LogP contribution in [0.4, 0.5) is 14.9 Å². The van der Waals surface area contributed by atoms with Crippen molar-refractivity contribution in [1.29, 1.82) is 0 Å². The number of aliphatic carboxylic acids is 1. The number of nitrogens with zero attached hydrogens (tertiary/aromatic N) is 1. The first kappa shape index (κ1) is 13.3. The third-order valence-corrected chi connectivity index (χ3v) is 3.05. The van der Waals surface area contributed by atoms with Gasteiger partial charge in [0, 0.05) is 12.1 Å². The molecule has 0 saturated carbocycles. The number of carbonyl (C=O) groups excluding carboxylic acids is 1. The summed E-state index contributed by atoms with van der Waals surface area (Å²) >= 11 is 0. The molecule has 2 rings (SSSR count). The number of amides is 1. The Morgan fingerprint density at radius 1 is 1.47 bits per heavy atom. The van der Waals surface area contributed by atoms with Crippen LogP contribution in [0.5, 0.6) is 0 Å². The van der Waals surface area contributed by atoms with Crippen molar-refractivity contribution >= 4 is 17.7 Å². The molecule has 1 heterocycles. The molecule has 1 saturated heterocycles. The summed E-state index contributed by atoms with van der Waals surface area (Å²) in [5, 5.41) is 8.67. The molecular formula is C13H14FNO4. The molecule has 1 aliphatic heterocycles. The van der Waals surface area contributed by atoms with Crippen LogP contribution in [0.15, 0.2) is 24.3 Å². The van der Waals surface area contributed by atoms with Gasteiger partial charge in [0.1, 0.15) is 11.4 Å². The molecule has 0 radical (unpaired) electrons. The van der Waals surface area contributed by atoms with Crippen molar-refractivity contribution in [3.8, 4) is 0 Å². The third-order valence-electron chi connectivity index (χ3n) is 3.05. The number of carboxylic acid groups (broad SMARTS) is 1. The molecule has 5 nitrogen and oxygen atoms in total. The highest BCUT2D eigenvalue weighted by Gasteiger charge is 2.42. The predicted octanol–water partition coefficient (Wildman–Crippen LogP) is 2.41. The van der Waals surface area contributed by atoms with Crippen LogP contribution in [-0.4, -0.2) is 29.3 Å². The maximum absolute atomic E-state index is 12.8. The van der Waals surface area contributed by atoms with Crippen molar-refractivity contribution in [1.82, 2.24) is 0 Å². The van der Waals surface area contributed by atoms with Crippen molar-refractivity contribution < 1.29 is 23.8 Å². The molecule has 1 atom stereocenters. The van der Waals surface area contributed by atoms with E-state index in [1.165, 1.54) is 29.2 Å². The first-order chi connectivity index (χ1) is 8.89. The van der Waals surface area contributed by atoms with Crippen LogP contribution >= 0.6 is 0 Å². The average Bonchev–Trinajstić information content (AvgIpc) is 2.64. The quantitative estimate of drug-likeness (QED) is 0.909. The number of ether oxygens (including phenoxy) is 1. The number of anilines is 1. The molecule has 1 aromatic rings. The maximum atomic E-state index is 12.8. The molecule has 1 unspecified atom stereocenters. The number of hydrogen-bond acceptors (Lipinski definition) is 3. The van der Waals surface area contributed by atoms with E-state index in [0.29, 0.717) is 5.69 Å². The Bertz CT molecular complexity index is 502. The van der Waals surface area contributed by atoms with Gasteiger partial charge in [0.25, 0.3) is 0 Å². The van der Waals surface area contributed by atoms with Crippen LogP contribution < -0.4 is 4.90 Å². The molecule has 6 heteroatoms. The lowest BCUT2D eigenvalue weighted by atomic mass is 10.00. The average molecular weight is 267 g/mol. The minimum Gasteiger partial charge on any atom is -0.481 e. The SMILES string of the molecule is CC1(CCC(=O)O)CN(c2ccc(F)cc2)C(=O)O1. The summed E-state index contributed by atoms with van der Waals surface area (Å²) in [5.74, 6) is -1.32. The Hall–Kier alpha value is -2.11. The van der Waals surface area contributed by atoms with Crippen LogP contribution in [-0.2, 0) is 9.53 Å². The van der Waals surface area contributed by atoms with Crippen molar-refractivity contribution in [2.75, 3.05) is 11.4 Å². The van der Waals surface area contributed by atoms with Crippen molar-refractivity contribution in [2.45, 2.75) is 25.4 Å². The summed E-state index contributed by atoms with van der Waals surface area (Å²) in [4.78, 5) is 23.7. The number of carboxylic acids is 1. The minimum atomic E-state index is -0.933. The van der Waals surface area contributed by atoms with Crippen molar-refractivity contribution in [2.24, 2.45) is 0 Å². The number of cyclic esters (lactones) is 1. The fraction of sp³-hybridized carbons (Fsp3) is 0.385. The van der Waals surface area contributed by atoms with Gasteiger partial charge >= 0.3 is 12.1 Å². The number of rotatable bonds is 4. The Kier molecular flexibility index (Phi) is 3.42. The first-order valence-electron chi connectivity index (χ1n) is 5.87. The number of hydrogen-bond donors (Lipinski definition) is 1. The summed E-state index contributed by atoms with van der Waals surface area (Å²) in [6.45, 7) is 1.95. The topological polar surface area (TPSA) is 66.8 Å². The molecule has 1 aliphatic rings. The van der Waals surface area contributed by atoms with Crippen LogP contribution in [0, 0.1) is 5.82 Å². The second-order valence-electron chi connectivity index (χ2n) is 4.77. The van der Waals surface area contributed by atoms with Crippen molar-refractivity contribution in [3.05, 3.63) is 30.1 Å². The van der Waals surface area contributed by atoms with Crippen LogP contribution in [0.1, 0.15) is 19.8 Å². The van der Waals surface area contributed by atoms with Gasteiger partial charge in [-0.25, -0.2) is 9.18 Å². The number of halogens is 1. The highest BCUT2D eigenvalue weighted by molar-refractivity contribution is 5.90. The maximum Gasteiger partial charge on any atom is 0.415 e. The summed E-state index contributed by atoms with van der Waals surface area (Å²) in [6.07, 6.45) is -0.369. The lowest BCUT2D eigenvalue weighted by Crippen LogP contribution is -2.32. The highest BCUT2D eigenvalue weighted by Crippen LogP contribution is 2.31. The minimum absolute atomic E-state index is 0.0684. The van der Waals surface area contributed by atoms with E-state index in [9.17, 15) is 14.0 Å². The largest absolute Gasteiger partial charge is 0.481 e. The predicted molar refractivity (Wildman–Crippen MR) is 65.5 cm³/mol. The van der Waals surface area contributed by atoms with E-state index in [0.717, 1.165) is 0 Å². The molecule has 102 valence electrons. The second kappa shape index (κ2) is 4.87. The Labute approximate surface area is 109 Å². The van der Waals surface area contributed by atoms with E-state index in [4.69, 9.17) is 9.84 Å². The van der Waals surface area contributed by atoms with Crippen LogP contribution in [0.2, 0.25) is 0 Å². The standard InChI is InChI=1S/C13H14FNO4/c1-13(7-6-11(16)17)8-15(12(18)19-13)10-4-2-9(14)3-5-10/h2-5H,6-8H2,1H3,(H,16,17). The monoisotopic (exact) mass is 267 g/mol. The second-order valence-corrected chi connectivity index (χ2v) is 4.77. The molecular weight excluding hydrogens is 253 g/mol. The summed E-state index contributed by atoms with van der Waals surface area (Å²) < 4.78 is 18.1. The Balaban J connectivity index is 2.10. The third kappa shape index (κ3) is 3.01. The van der Waals surface area contributed by atoms with E-state index >= 15 is 0 Å². The van der Waals surface area contributed by atoms with Gasteiger partial charge < -0.3 is 9.84 Å². The molecule has 1 fully saturated rings. The highest BCUT2D eigenvalue weighted by atomic mass is 19.1. The van der Waals surface area contributed by atoms with Gasteiger partial charge in [-0.15, -0.1) is 0 Å². The zero-order valence-electron chi connectivity index (χ0n) is 10.4.